The van der Waals surface area contributed by atoms with Gasteiger partial charge in [0, 0.05) is 6.54 Å². The number of hydrogen-bond donors (Lipinski definition) is 1. The second-order valence-corrected chi connectivity index (χ2v) is 4.22. The van der Waals surface area contributed by atoms with E-state index in [9.17, 15) is 9.59 Å². The number of carbonyl (C=O) groups excluding carboxylic acids is 1. The molecule has 0 heterocycles. The molecule has 0 bridgehead atoms. The number of esters is 1. The van der Waals surface area contributed by atoms with Crippen molar-refractivity contribution in [2.24, 2.45) is 0 Å². The molecule has 19 heavy (non-hydrogen) atoms. The van der Waals surface area contributed by atoms with E-state index in [-0.39, 0.29) is 18.9 Å². The Morgan fingerprint density at radius 2 is 1.89 bits per heavy atom. The SMILES string of the molecule is CCN(CC(=O)OC)Cc1ccccc1CC(=O)O. The first-order valence-corrected chi connectivity index (χ1v) is 6.14. The molecule has 0 aromatic heterocycles. The van der Waals surface area contributed by atoms with Crippen molar-refractivity contribution in [2.75, 3.05) is 20.2 Å². The van der Waals surface area contributed by atoms with Crippen molar-refractivity contribution >= 4 is 11.9 Å². The highest BCUT2D eigenvalue weighted by Crippen LogP contribution is 2.12. The van der Waals surface area contributed by atoms with Crippen molar-refractivity contribution in [3.8, 4) is 0 Å². The van der Waals surface area contributed by atoms with Gasteiger partial charge < -0.3 is 9.84 Å². The van der Waals surface area contributed by atoms with Gasteiger partial charge in [0.05, 0.1) is 20.1 Å². The Kier molecular flexibility index (Phi) is 6.02. The van der Waals surface area contributed by atoms with E-state index < -0.39 is 5.97 Å². The summed E-state index contributed by atoms with van der Waals surface area (Å²) in [4.78, 5) is 24.0. The van der Waals surface area contributed by atoms with Crippen molar-refractivity contribution in [1.29, 1.82) is 0 Å². The summed E-state index contributed by atoms with van der Waals surface area (Å²) in [5, 5.41) is 8.88. The summed E-state index contributed by atoms with van der Waals surface area (Å²) in [5.41, 5.74) is 1.70. The van der Waals surface area contributed by atoms with Gasteiger partial charge in [0.15, 0.2) is 0 Å². The van der Waals surface area contributed by atoms with Gasteiger partial charge in [-0.25, -0.2) is 0 Å². The molecule has 0 atom stereocenters. The fraction of sp³-hybridized carbons (Fsp3) is 0.429. The van der Waals surface area contributed by atoms with Crippen LogP contribution in [-0.2, 0) is 27.3 Å². The van der Waals surface area contributed by atoms with Crippen LogP contribution in [0.1, 0.15) is 18.1 Å². The number of carbonyl (C=O) groups is 2. The summed E-state index contributed by atoms with van der Waals surface area (Å²) in [6.45, 7) is 3.38. The molecule has 0 unspecified atom stereocenters. The van der Waals surface area contributed by atoms with Crippen molar-refractivity contribution in [2.45, 2.75) is 19.9 Å². The third kappa shape index (κ3) is 5.09. The van der Waals surface area contributed by atoms with Crippen LogP contribution >= 0.6 is 0 Å². The molecule has 0 aliphatic carbocycles. The maximum Gasteiger partial charge on any atom is 0.319 e. The van der Waals surface area contributed by atoms with E-state index in [1.165, 1.54) is 7.11 Å². The molecular formula is C14H19NO4. The Morgan fingerprint density at radius 3 is 2.42 bits per heavy atom. The zero-order chi connectivity index (χ0) is 14.3. The first-order valence-electron chi connectivity index (χ1n) is 6.14. The maximum atomic E-state index is 11.3. The second-order valence-electron chi connectivity index (χ2n) is 4.22. The molecule has 0 aliphatic heterocycles. The smallest absolute Gasteiger partial charge is 0.319 e. The van der Waals surface area contributed by atoms with Crippen LogP contribution in [-0.4, -0.2) is 42.1 Å². The van der Waals surface area contributed by atoms with Crippen LogP contribution in [0.15, 0.2) is 24.3 Å². The van der Waals surface area contributed by atoms with E-state index in [0.29, 0.717) is 13.1 Å². The molecule has 1 N–H and O–H groups in total. The van der Waals surface area contributed by atoms with Crippen LogP contribution in [0.5, 0.6) is 0 Å². The van der Waals surface area contributed by atoms with Crippen molar-refractivity contribution in [3.63, 3.8) is 0 Å². The van der Waals surface area contributed by atoms with E-state index in [4.69, 9.17) is 5.11 Å². The zero-order valence-corrected chi connectivity index (χ0v) is 11.3. The summed E-state index contributed by atoms with van der Waals surface area (Å²) in [6, 6.07) is 7.37. The molecule has 0 aliphatic rings. The number of methoxy groups -OCH3 is 1. The van der Waals surface area contributed by atoms with E-state index in [1.807, 2.05) is 30.0 Å². The Hall–Kier alpha value is -1.88. The summed E-state index contributed by atoms with van der Waals surface area (Å²) >= 11 is 0. The molecular weight excluding hydrogens is 246 g/mol. The predicted octanol–water partition coefficient (Wildman–Crippen LogP) is 1.31. The number of hydrogen-bond acceptors (Lipinski definition) is 4. The molecule has 0 saturated carbocycles. The highest BCUT2D eigenvalue weighted by molar-refractivity contribution is 5.72. The lowest BCUT2D eigenvalue weighted by atomic mass is 10.0. The van der Waals surface area contributed by atoms with E-state index in [2.05, 4.69) is 4.74 Å². The minimum atomic E-state index is -0.858. The summed E-state index contributed by atoms with van der Waals surface area (Å²) in [7, 11) is 1.36. The van der Waals surface area contributed by atoms with Gasteiger partial charge in [-0.05, 0) is 17.7 Å². The van der Waals surface area contributed by atoms with Gasteiger partial charge in [0.2, 0.25) is 0 Å². The van der Waals surface area contributed by atoms with Crippen LogP contribution in [0.25, 0.3) is 0 Å². The minimum absolute atomic E-state index is 0.00798. The highest BCUT2D eigenvalue weighted by Gasteiger charge is 2.12. The molecule has 1 rings (SSSR count). The number of benzene rings is 1. The molecule has 1 aromatic rings. The number of rotatable bonds is 7. The maximum absolute atomic E-state index is 11.3. The van der Waals surface area contributed by atoms with Crippen LogP contribution < -0.4 is 0 Å². The van der Waals surface area contributed by atoms with Crippen molar-refractivity contribution in [3.05, 3.63) is 35.4 Å². The van der Waals surface area contributed by atoms with E-state index in [0.717, 1.165) is 11.1 Å². The number of aliphatic carboxylic acids is 1. The summed E-state index contributed by atoms with van der Waals surface area (Å²) in [6.07, 6.45) is -0.00798. The van der Waals surface area contributed by atoms with Gasteiger partial charge in [0.25, 0.3) is 0 Å². The first-order chi connectivity index (χ1) is 9.06. The van der Waals surface area contributed by atoms with E-state index >= 15 is 0 Å². The zero-order valence-electron chi connectivity index (χ0n) is 11.3. The second kappa shape index (κ2) is 7.53. The van der Waals surface area contributed by atoms with Crippen LogP contribution in [0.4, 0.5) is 0 Å². The fourth-order valence-corrected chi connectivity index (χ4v) is 1.81. The Labute approximate surface area is 112 Å². The van der Waals surface area contributed by atoms with Crippen molar-refractivity contribution < 1.29 is 19.4 Å². The molecule has 5 nitrogen and oxygen atoms in total. The van der Waals surface area contributed by atoms with Crippen LogP contribution in [0, 0.1) is 0 Å². The Bertz CT molecular complexity index is 445. The summed E-state index contributed by atoms with van der Waals surface area (Å²) < 4.78 is 4.64. The third-order valence-electron chi connectivity index (χ3n) is 2.88. The monoisotopic (exact) mass is 265 g/mol. The number of carboxylic acid groups (broad SMARTS) is 1. The molecule has 0 radical (unpaired) electrons. The minimum Gasteiger partial charge on any atom is -0.481 e. The standard InChI is InChI=1S/C14H19NO4/c1-3-15(10-14(18)19-2)9-12-7-5-4-6-11(12)8-13(16)17/h4-7H,3,8-10H2,1-2H3,(H,16,17). The molecule has 104 valence electrons. The number of carboxylic acids is 1. The lowest BCUT2D eigenvalue weighted by molar-refractivity contribution is -0.142. The molecule has 1 aromatic carbocycles. The molecule has 0 fully saturated rings. The molecule has 0 spiro atoms. The largest absolute Gasteiger partial charge is 0.481 e. The van der Waals surface area contributed by atoms with Gasteiger partial charge in [-0.15, -0.1) is 0 Å². The van der Waals surface area contributed by atoms with Crippen LogP contribution in [0.3, 0.4) is 0 Å². The number of nitrogens with zero attached hydrogens (tertiary/aromatic N) is 1. The topological polar surface area (TPSA) is 66.8 Å². The lowest BCUT2D eigenvalue weighted by Crippen LogP contribution is -2.30. The van der Waals surface area contributed by atoms with Gasteiger partial charge in [-0.3, -0.25) is 14.5 Å². The molecule has 5 heteroatoms. The average Bonchev–Trinajstić information content (AvgIpc) is 2.39. The number of ether oxygens (including phenoxy) is 1. The van der Waals surface area contributed by atoms with E-state index in [1.54, 1.807) is 6.07 Å². The van der Waals surface area contributed by atoms with Gasteiger partial charge in [-0.2, -0.15) is 0 Å². The number of likely N-dealkylation sites (N-methyl/N-ethyl adjacent to an activating group) is 1. The molecule has 0 amide bonds. The normalized spacial score (nSPS) is 10.5. The predicted molar refractivity (Wildman–Crippen MR) is 70.7 cm³/mol. The third-order valence-corrected chi connectivity index (χ3v) is 2.88. The average molecular weight is 265 g/mol. The highest BCUT2D eigenvalue weighted by atomic mass is 16.5. The van der Waals surface area contributed by atoms with Gasteiger partial charge in [0.1, 0.15) is 0 Å². The van der Waals surface area contributed by atoms with Crippen molar-refractivity contribution in [1.82, 2.24) is 4.90 Å². The van der Waals surface area contributed by atoms with Crippen LogP contribution in [0.2, 0.25) is 0 Å². The first kappa shape index (κ1) is 15.2. The Balaban J connectivity index is 2.78. The lowest BCUT2D eigenvalue weighted by Gasteiger charge is -2.20. The Morgan fingerprint density at radius 1 is 1.26 bits per heavy atom. The quantitative estimate of drug-likeness (QED) is 0.753. The molecule has 0 saturated heterocycles. The van der Waals surface area contributed by atoms with Gasteiger partial charge >= 0.3 is 11.9 Å². The fourth-order valence-electron chi connectivity index (χ4n) is 1.81. The van der Waals surface area contributed by atoms with Gasteiger partial charge in [-0.1, -0.05) is 31.2 Å². The summed E-state index contributed by atoms with van der Waals surface area (Å²) in [5.74, 6) is -1.15.